The number of hydrogen-bond acceptors (Lipinski definition) is 4. The summed E-state index contributed by atoms with van der Waals surface area (Å²) in [7, 11) is 0. The van der Waals surface area contributed by atoms with E-state index in [9.17, 15) is 0 Å². The number of rotatable bonds is 8. The topological polar surface area (TPSA) is 39.1 Å². The van der Waals surface area contributed by atoms with Crippen molar-refractivity contribution < 1.29 is 4.74 Å². The van der Waals surface area contributed by atoms with Crippen LogP contribution in [0, 0.1) is 0 Å². The number of halogens is 1. The minimum absolute atomic E-state index is 0.636. The quantitative estimate of drug-likeness (QED) is 0.761. The first-order chi connectivity index (χ1) is 9.28. The second-order valence-electron chi connectivity index (χ2n) is 4.17. The lowest BCUT2D eigenvalue weighted by atomic mass is 10.4. The molecule has 0 spiro atoms. The first-order valence-electron chi connectivity index (χ1n) is 6.38. The van der Waals surface area contributed by atoms with E-state index in [0.29, 0.717) is 6.61 Å². The summed E-state index contributed by atoms with van der Waals surface area (Å²) in [5.74, 6) is 0.828. The fourth-order valence-electron chi connectivity index (χ4n) is 1.67. The van der Waals surface area contributed by atoms with Crippen LogP contribution in [0.3, 0.4) is 0 Å². The molecule has 0 unspecified atom stereocenters. The van der Waals surface area contributed by atoms with Gasteiger partial charge in [0.25, 0.3) is 0 Å². The van der Waals surface area contributed by atoms with Crippen LogP contribution in [0.5, 0.6) is 5.75 Å². The number of ether oxygens (including phenoxy) is 1. The maximum atomic E-state index is 5.87. The summed E-state index contributed by atoms with van der Waals surface area (Å²) in [6, 6.07) is 3.96. The van der Waals surface area contributed by atoms with Gasteiger partial charge < -0.3 is 10.1 Å². The van der Waals surface area contributed by atoms with Crippen molar-refractivity contribution in [1.82, 2.24) is 15.1 Å². The zero-order valence-electron chi connectivity index (χ0n) is 10.9. The molecule has 0 aliphatic rings. The Morgan fingerprint density at radius 3 is 3.11 bits per heavy atom. The first kappa shape index (κ1) is 14.4. The second kappa shape index (κ2) is 7.53. The molecular weight excluding hydrogens is 282 g/mol. The highest BCUT2D eigenvalue weighted by Crippen LogP contribution is 2.20. The van der Waals surface area contributed by atoms with Crippen LogP contribution >= 0.6 is 22.9 Å². The minimum Gasteiger partial charge on any atom is -0.489 e. The average molecular weight is 300 g/mol. The molecule has 1 N–H and O–H groups in total. The molecule has 2 heterocycles. The van der Waals surface area contributed by atoms with Crippen LogP contribution in [-0.2, 0) is 13.1 Å². The van der Waals surface area contributed by atoms with Crippen LogP contribution in [0.1, 0.15) is 18.2 Å². The molecule has 19 heavy (non-hydrogen) atoms. The highest BCUT2D eigenvalue weighted by atomic mass is 35.5. The zero-order chi connectivity index (χ0) is 13.5. The van der Waals surface area contributed by atoms with Crippen LogP contribution in [0.2, 0.25) is 4.34 Å². The molecule has 0 saturated carbocycles. The van der Waals surface area contributed by atoms with E-state index in [0.717, 1.165) is 36.1 Å². The standard InChI is InChI=1S/C13H18ClN3OS/c1-2-6-17-10-11(8-16-17)18-7-5-15-9-12-3-4-13(14)19-12/h3-4,8,10,15H,2,5-7,9H2,1H3. The van der Waals surface area contributed by atoms with E-state index in [2.05, 4.69) is 17.3 Å². The Morgan fingerprint density at radius 1 is 1.47 bits per heavy atom. The van der Waals surface area contributed by atoms with Crippen molar-refractivity contribution in [3.63, 3.8) is 0 Å². The zero-order valence-corrected chi connectivity index (χ0v) is 12.5. The Labute approximate surface area is 122 Å². The summed E-state index contributed by atoms with van der Waals surface area (Å²) in [5.41, 5.74) is 0. The lowest BCUT2D eigenvalue weighted by Gasteiger charge is -2.04. The predicted molar refractivity (Wildman–Crippen MR) is 79.0 cm³/mol. The average Bonchev–Trinajstić information content (AvgIpc) is 2.99. The van der Waals surface area contributed by atoms with Crippen molar-refractivity contribution >= 4 is 22.9 Å². The van der Waals surface area contributed by atoms with Crippen molar-refractivity contribution in [2.45, 2.75) is 26.4 Å². The van der Waals surface area contributed by atoms with Crippen molar-refractivity contribution in [2.24, 2.45) is 0 Å². The van der Waals surface area contributed by atoms with Gasteiger partial charge in [0.2, 0.25) is 0 Å². The Morgan fingerprint density at radius 2 is 2.37 bits per heavy atom. The molecule has 0 amide bonds. The largest absolute Gasteiger partial charge is 0.489 e. The number of thiophene rings is 1. The third-order valence-corrected chi connectivity index (χ3v) is 3.77. The summed E-state index contributed by atoms with van der Waals surface area (Å²) in [4.78, 5) is 1.24. The molecule has 2 aromatic heterocycles. The monoisotopic (exact) mass is 299 g/mol. The molecule has 4 nitrogen and oxygen atoms in total. The van der Waals surface area contributed by atoms with Crippen molar-refractivity contribution in [2.75, 3.05) is 13.2 Å². The molecule has 0 aliphatic heterocycles. The summed E-state index contributed by atoms with van der Waals surface area (Å²) in [6.45, 7) is 5.32. The first-order valence-corrected chi connectivity index (χ1v) is 7.57. The Balaban J connectivity index is 1.61. The van der Waals surface area contributed by atoms with E-state index in [1.54, 1.807) is 17.5 Å². The van der Waals surface area contributed by atoms with Gasteiger partial charge in [-0.25, -0.2) is 0 Å². The van der Waals surface area contributed by atoms with Gasteiger partial charge in [-0.3, -0.25) is 4.68 Å². The lowest BCUT2D eigenvalue weighted by Crippen LogP contribution is -2.19. The van der Waals surface area contributed by atoms with Gasteiger partial charge in [-0.1, -0.05) is 18.5 Å². The van der Waals surface area contributed by atoms with Gasteiger partial charge in [0.1, 0.15) is 6.61 Å². The molecule has 0 fully saturated rings. The smallest absolute Gasteiger partial charge is 0.157 e. The fraction of sp³-hybridized carbons (Fsp3) is 0.462. The van der Waals surface area contributed by atoms with Gasteiger partial charge in [0.15, 0.2) is 5.75 Å². The van der Waals surface area contributed by atoms with Crippen LogP contribution < -0.4 is 10.1 Å². The molecule has 0 aromatic carbocycles. The maximum absolute atomic E-state index is 5.87. The van der Waals surface area contributed by atoms with Crippen molar-refractivity contribution in [3.05, 3.63) is 33.7 Å². The van der Waals surface area contributed by atoms with E-state index in [4.69, 9.17) is 16.3 Å². The number of aromatic nitrogens is 2. The number of nitrogens with one attached hydrogen (secondary N) is 1. The number of hydrogen-bond donors (Lipinski definition) is 1. The van der Waals surface area contributed by atoms with Crippen LogP contribution in [-0.4, -0.2) is 22.9 Å². The van der Waals surface area contributed by atoms with E-state index in [1.165, 1.54) is 4.88 Å². The highest BCUT2D eigenvalue weighted by molar-refractivity contribution is 7.16. The Kier molecular flexibility index (Phi) is 5.69. The Bertz CT molecular complexity index is 498. The molecule has 2 rings (SSSR count). The van der Waals surface area contributed by atoms with Crippen LogP contribution in [0.15, 0.2) is 24.5 Å². The summed E-state index contributed by atoms with van der Waals surface area (Å²) >= 11 is 7.47. The predicted octanol–water partition coefficient (Wildman–Crippen LogP) is 3.18. The third-order valence-electron chi connectivity index (χ3n) is 2.54. The highest BCUT2D eigenvalue weighted by Gasteiger charge is 1.99. The maximum Gasteiger partial charge on any atom is 0.157 e. The minimum atomic E-state index is 0.636. The SMILES string of the molecule is CCCn1cc(OCCNCc2ccc(Cl)s2)cn1. The molecule has 0 bridgehead atoms. The molecule has 0 radical (unpaired) electrons. The summed E-state index contributed by atoms with van der Waals surface area (Å²) in [6.07, 6.45) is 4.77. The van der Waals surface area contributed by atoms with Gasteiger partial charge >= 0.3 is 0 Å². The van der Waals surface area contributed by atoms with E-state index in [-0.39, 0.29) is 0 Å². The molecular formula is C13H18ClN3OS. The van der Waals surface area contributed by atoms with Gasteiger partial charge in [0, 0.05) is 24.5 Å². The molecule has 104 valence electrons. The van der Waals surface area contributed by atoms with E-state index >= 15 is 0 Å². The summed E-state index contributed by atoms with van der Waals surface area (Å²) < 4.78 is 8.34. The van der Waals surface area contributed by atoms with E-state index < -0.39 is 0 Å². The van der Waals surface area contributed by atoms with Gasteiger partial charge in [-0.05, 0) is 18.6 Å². The normalized spacial score (nSPS) is 10.8. The van der Waals surface area contributed by atoms with Gasteiger partial charge in [-0.2, -0.15) is 5.10 Å². The van der Waals surface area contributed by atoms with E-state index in [1.807, 2.05) is 23.0 Å². The molecule has 0 aliphatic carbocycles. The lowest BCUT2D eigenvalue weighted by molar-refractivity contribution is 0.313. The third kappa shape index (κ3) is 4.86. The molecule has 0 saturated heterocycles. The van der Waals surface area contributed by atoms with Gasteiger partial charge in [0.05, 0.1) is 16.7 Å². The number of aryl methyl sites for hydroxylation is 1. The number of nitrogens with zero attached hydrogens (tertiary/aromatic N) is 2. The second-order valence-corrected chi connectivity index (χ2v) is 5.97. The fourth-order valence-corrected chi connectivity index (χ4v) is 2.73. The van der Waals surface area contributed by atoms with Crippen LogP contribution in [0.4, 0.5) is 0 Å². The Hall–Kier alpha value is -1.04. The van der Waals surface area contributed by atoms with Crippen molar-refractivity contribution in [3.8, 4) is 5.75 Å². The summed E-state index contributed by atoms with van der Waals surface area (Å²) in [5, 5.41) is 7.53. The van der Waals surface area contributed by atoms with Gasteiger partial charge in [-0.15, -0.1) is 11.3 Å². The van der Waals surface area contributed by atoms with Crippen LogP contribution in [0.25, 0.3) is 0 Å². The molecule has 2 aromatic rings. The molecule has 0 atom stereocenters. The molecule has 6 heteroatoms. The van der Waals surface area contributed by atoms with Crippen molar-refractivity contribution in [1.29, 1.82) is 0 Å².